The Morgan fingerprint density at radius 2 is 1.94 bits per heavy atom. The second-order valence-corrected chi connectivity index (χ2v) is 7.48. The van der Waals surface area contributed by atoms with Crippen molar-refractivity contribution < 1.29 is 14.3 Å². The molecule has 7 heteroatoms. The first-order valence-corrected chi connectivity index (χ1v) is 10.5. The van der Waals surface area contributed by atoms with Gasteiger partial charge in [-0.05, 0) is 43.2 Å². The molecule has 2 aromatic carbocycles. The van der Waals surface area contributed by atoms with E-state index in [2.05, 4.69) is 10.4 Å². The van der Waals surface area contributed by atoms with E-state index >= 15 is 0 Å². The van der Waals surface area contributed by atoms with Crippen LogP contribution < -0.4 is 15.0 Å². The molecule has 1 N–H and O–H groups in total. The predicted octanol–water partition coefficient (Wildman–Crippen LogP) is 2.98. The van der Waals surface area contributed by atoms with Gasteiger partial charge in [0.2, 0.25) is 11.8 Å². The number of anilines is 1. The third kappa shape index (κ3) is 4.77. The highest BCUT2D eigenvalue weighted by Gasteiger charge is 2.36. The van der Waals surface area contributed by atoms with Crippen molar-refractivity contribution in [3.63, 3.8) is 0 Å². The second-order valence-electron chi connectivity index (χ2n) is 7.48. The maximum Gasteiger partial charge on any atom is 0.227 e. The van der Waals surface area contributed by atoms with E-state index in [1.54, 1.807) is 4.90 Å². The summed E-state index contributed by atoms with van der Waals surface area (Å²) in [7, 11) is 0. The molecule has 31 heavy (non-hydrogen) atoms. The summed E-state index contributed by atoms with van der Waals surface area (Å²) in [5.74, 6) is 0.140. The first-order valence-electron chi connectivity index (χ1n) is 10.5. The normalized spacial score (nSPS) is 15.8. The average molecular weight is 418 g/mol. The number of hydrogen-bond acceptors (Lipinski definition) is 4. The summed E-state index contributed by atoms with van der Waals surface area (Å²) in [6.07, 6.45) is 4.66. The van der Waals surface area contributed by atoms with Crippen LogP contribution in [0.1, 0.15) is 18.9 Å². The first kappa shape index (κ1) is 20.7. The number of carbonyl (C=O) groups excluding carboxylic acids is 2. The third-order valence-corrected chi connectivity index (χ3v) is 5.32. The largest absolute Gasteiger partial charge is 0.492 e. The van der Waals surface area contributed by atoms with Crippen LogP contribution in [0, 0.1) is 5.92 Å². The van der Waals surface area contributed by atoms with Gasteiger partial charge in [-0.15, -0.1) is 0 Å². The van der Waals surface area contributed by atoms with Crippen LogP contribution in [0.25, 0.3) is 5.69 Å². The number of benzene rings is 2. The Kier molecular flexibility index (Phi) is 6.31. The Bertz CT molecular complexity index is 1050. The molecule has 1 atom stereocenters. The molecule has 7 nitrogen and oxygen atoms in total. The van der Waals surface area contributed by atoms with E-state index in [1.807, 2.05) is 78.6 Å². The van der Waals surface area contributed by atoms with E-state index in [1.165, 1.54) is 0 Å². The molecular weight excluding hydrogens is 392 g/mol. The summed E-state index contributed by atoms with van der Waals surface area (Å²) in [4.78, 5) is 26.9. The molecule has 1 aliphatic rings. The van der Waals surface area contributed by atoms with Gasteiger partial charge >= 0.3 is 0 Å². The zero-order valence-electron chi connectivity index (χ0n) is 17.5. The monoisotopic (exact) mass is 418 g/mol. The fourth-order valence-corrected chi connectivity index (χ4v) is 3.76. The van der Waals surface area contributed by atoms with Gasteiger partial charge in [0.1, 0.15) is 5.75 Å². The van der Waals surface area contributed by atoms with Crippen molar-refractivity contribution in [3.05, 3.63) is 72.6 Å². The molecule has 3 aromatic rings. The van der Waals surface area contributed by atoms with Gasteiger partial charge in [0.05, 0.1) is 30.1 Å². The van der Waals surface area contributed by atoms with Gasteiger partial charge in [-0.1, -0.05) is 30.3 Å². The molecule has 2 amide bonds. The minimum Gasteiger partial charge on any atom is -0.492 e. The van der Waals surface area contributed by atoms with E-state index in [0.717, 1.165) is 16.9 Å². The molecule has 1 fully saturated rings. The van der Waals surface area contributed by atoms with Crippen LogP contribution in [0.4, 0.5) is 5.69 Å². The molecule has 0 bridgehead atoms. The Balaban J connectivity index is 1.31. The van der Waals surface area contributed by atoms with Crippen LogP contribution in [0.3, 0.4) is 0 Å². The van der Waals surface area contributed by atoms with Crippen molar-refractivity contribution in [1.82, 2.24) is 15.1 Å². The highest BCUT2D eigenvalue weighted by Crippen LogP contribution is 2.33. The topological polar surface area (TPSA) is 76.5 Å². The SMILES string of the molecule is CCOc1ccccc1N1CC(C(=O)NCCc2cnn(-c3ccccc3)c2)CC1=O. The molecule has 4 rings (SSSR count). The number of carbonyl (C=O) groups is 2. The molecule has 1 aromatic heterocycles. The highest BCUT2D eigenvalue weighted by molar-refractivity contribution is 6.01. The molecule has 160 valence electrons. The molecule has 0 aliphatic carbocycles. The maximum absolute atomic E-state index is 12.7. The molecule has 2 heterocycles. The van der Waals surface area contributed by atoms with Crippen LogP contribution in [-0.4, -0.2) is 41.3 Å². The average Bonchev–Trinajstić information content (AvgIpc) is 3.42. The number of para-hydroxylation sites is 3. The molecule has 1 aliphatic heterocycles. The Labute approximate surface area is 181 Å². The molecular formula is C24H26N4O3. The molecule has 1 saturated heterocycles. The van der Waals surface area contributed by atoms with Gasteiger partial charge in [-0.2, -0.15) is 5.10 Å². The number of hydrogen-bond donors (Lipinski definition) is 1. The Hall–Kier alpha value is -3.61. The van der Waals surface area contributed by atoms with E-state index in [-0.39, 0.29) is 24.2 Å². The fraction of sp³-hybridized carbons (Fsp3) is 0.292. The number of ether oxygens (including phenoxy) is 1. The van der Waals surface area contributed by atoms with Gasteiger partial charge in [0.25, 0.3) is 0 Å². The molecule has 0 radical (unpaired) electrons. The summed E-state index contributed by atoms with van der Waals surface area (Å²) < 4.78 is 7.46. The van der Waals surface area contributed by atoms with Gasteiger partial charge in [-0.25, -0.2) is 4.68 Å². The van der Waals surface area contributed by atoms with Crippen LogP contribution >= 0.6 is 0 Å². The first-order chi connectivity index (χ1) is 15.2. The molecule has 0 saturated carbocycles. The lowest BCUT2D eigenvalue weighted by Crippen LogP contribution is -2.34. The van der Waals surface area contributed by atoms with Crippen molar-refractivity contribution in [2.45, 2.75) is 19.8 Å². The van der Waals surface area contributed by atoms with Gasteiger partial charge in [0.15, 0.2) is 0 Å². The van der Waals surface area contributed by atoms with Crippen LogP contribution in [0.5, 0.6) is 5.75 Å². The lowest BCUT2D eigenvalue weighted by Gasteiger charge is -2.20. The third-order valence-electron chi connectivity index (χ3n) is 5.32. The number of nitrogens with one attached hydrogen (secondary N) is 1. The quantitative estimate of drug-likeness (QED) is 0.610. The fourth-order valence-electron chi connectivity index (χ4n) is 3.76. The number of nitrogens with zero attached hydrogens (tertiary/aromatic N) is 3. The number of amides is 2. The minimum absolute atomic E-state index is 0.0589. The van der Waals surface area contributed by atoms with Crippen molar-refractivity contribution in [2.24, 2.45) is 5.92 Å². The standard InChI is InChI=1S/C24H26N4O3/c1-2-31-22-11-7-6-10-21(22)27-17-19(14-23(27)29)24(30)25-13-12-18-15-26-28(16-18)20-8-4-3-5-9-20/h3-11,15-16,19H,2,12-14,17H2,1H3,(H,25,30). The summed E-state index contributed by atoms with van der Waals surface area (Å²) in [6.45, 7) is 3.28. The van der Waals surface area contributed by atoms with Crippen molar-refractivity contribution >= 4 is 17.5 Å². The van der Waals surface area contributed by atoms with Crippen molar-refractivity contribution in [2.75, 3.05) is 24.6 Å². The van der Waals surface area contributed by atoms with Crippen LogP contribution in [-0.2, 0) is 16.0 Å². The summed E-state index contributed by atoms with van der Waals surface area (Å²) in [5.41, 5.74) is 2.76. The summed E-state index contributed by atoms with van der Waals surface area (Å²) in [5, 5.41) is 7.35. The summed E-state index contributed by atoms with van der Waals surface area (Å²) in [6, 6.07) is 17.3. The van der Waals surface area contributed by atoms with Crippen LogP contribution in [0.15, 0.2) is 67.0 Å². The minimum atomic E-state index is -0.366. The van der Waals surface area contributed by atoms with Crippen molar-refractivity contribution in [1.29, 1.82) is 0 Å². The number of rotatable bonds is 8. The molecule has 1 unspecified atom stereocenters. The lowest BCUT2D eigenvalue weighted by molar-refractivity contribution is -0.126. The molecule has 0 spiro atoms. The number of aromatic nitrogens is 2. The summed E-state index contributed by atoms with van der Waals surface area (Å²) >= 11 is 0. The Morgan fingerprint density at radius 3 is 2.74 bits per heavy atom. The van der Waals surface area contributed by atoms with Gasteiger partial charge in [-0.3, -0.25) is 9.59 Å². The van der Waals surface area contributed by atoms with Gasteiger partial charge in [0, 0.05) is 25.7 Å². The highest BCUT2D eigenvalue weighted by atomic mass is 16.5. The lowest BCUT2D eigenvalue weighted by atomic mass is 10.1. The van der Waals surface area contributed by atoms with E-state index in [4.69, 9.17) is 4.74 Å². The smallest absolute Gasteiger partial charge is 0.227 e. The van der Waals surface area contributed by atoms with Crippen LogP contribution in [0.2, 0.25) is 0 Å². The van der Waals surface area contributed by atoms with E-state index < -0.39 is 0 Å². The zero-order chi connectivity index (χ0) is 21.6. The second kappa shape index (κ2) is 9.47. The zero-order valence-corrected chi connectivity index (χ0v) is 17.5. The van der Waals surface area contributed by atoms with Gasteiger partial charge < -0.3 is 15.0 Å². The Morgan fingerprint density at radius 1 is 1.16 bits per heavy atom. The van der Waals surface area contributed by atoms with E-state index in [9.17, 15) is 9.59 Å². The van der Waals surface area contributed by atoms with Crippen molar-refractivity contribution in [3.8, 4) is 11.4 Å². The van der Waals surface area contributed by atoms with E-state index in [0.29, 0.717) is 31.9 Å². The predicted molar refractivity (Wildman–Crippen MR) is 118 cm³/mol. The maximum atomic E-state index is 12.7.